The average Bonchev–Trinajstić information content (AvgIpc) is 3.22. The fourth-order valence-corrected chi connectivity index (χ4v) is 2.70. The van der Waals surface area contributed by atoms with Gasteiger partial charge >= 0.3 is 5.97 Å². The molecule has 27 heavy (non-hydrogen) atoms. The molecular formula is C19H21N5O3. The van der Waals surface area contributed by atoms with Crippen LogP contribution in [0.5, 0.6) is 0 Å². The van der Waals surface area contributed by atoms with Gasteiger partial charge in [-0.1, -0.05) is 24.3 Å². The van der Waals surface area contributed by atoms with Crippen LogP contribution in [-0.4, -0.2) is 36.5 Å². The topological polar surface area (TPSA) is 102 Å². The van der Waals surface area contributed by atoms with E-state index in [-0.39, 0.29) is 17.9 Å². The van der Waals surface area contributed by atoms with Crippen molar-refractivity contribution in [2.24, 2.45) is 0 Å². The summed E-state index contributed by atoms with van der Waals surface area (Å²) in [6, 6.07) is 9.94. The van der Waals surface area contributed by atoms with Crippen molar-refractivity contribution < 1.29 is 14.7 Å². The van der Waals surface area contributed by atoms with E-state index >= 15 is 0 Å². The number of aromatic carboxylic acids is 1. The van der Waals surface area contributed by atoms with Gasteiger partial charge in [0.25, 0.3) is 0 Å². The number of carboxylic acid groups (broad SMARTS) is 1. The van der Waals surface area contributed by atoms with Gasteiger partial charge < -0.3 is 10.4 Å². The first-order chi connectivity index (χ1) is 12.9. The van der Waals surface area contributed by atoms with Gasteiger partial charge in [-0.05, 0) is 25.0 Å². The van der Waals surface area contributed by atoms with E-state index in [9.17, 15) is 9.59 Å². The molecule has 2 N–H and O–H groups in total. The molecule has 0 saturated carbocycles. The monoisotopic (exact) mass is 367 g/mol. The lowest BCUT2D eigenvalue weighted by atomic mass is 10.1. The molecule has 0 aliphatic heterocycles. The Bertz CT molecular complexity index is 973. The zero-order valence-electron chi connectivity index (χ0n) is 15.2. The van der Waals surface area contributed by atoms with Gasteiger partial charge in [-0.25, -0.2) is 4.79 Å². The predicted octanol–water partition coefficient (Wildman–Crippen LogP) is 2.47. The summed E-state index contributed by atoms with van der Waals surface area (Å²) in [6.45, 7) is 4.93. The molecule has 0 aliphatic carbocycles. The van der Waals surface area contributed by atoms with Crippen LogP contribution in [0.2, 0.25) is 0 Å². The van der Waals surface area contributed by atoms with Crippen LogP contribution in [0.25, 0.3) is 0 Å². The molecule has 2 aromatic heterocycles. The Hall–Kier alpha value is -3.42. The third kappa shape index (κ3) is 4.60. The van der Waals surface area contributed by atoms with Gasteiger partial charge in [-0.3, -0.25) is 14.2 Å². The van der Waals surface area contributed by atoms with Crippen molar-refractivity contribution in [3.63, 3.8) is 0 Å². The smallest absolute Gasteiger partial charge is 0.338 e. The molecule has 3 rings (SSSR count). The maximum atomic E-state index is 12.1. The normalized spacial score (nSPS) is 10.7. The number of aromatic nitrogens is 4. The van der Waals surface area contributed by atoms with Gasteiger partial charge in [-0.2, -0.15) is 10.2 Å². The molecule has 0 atom stereocenters. The van der Waals surface area contributed by atoms with Gasteiger partial charge in [0, 0.05) is 30.9 Å². The number of benzene rings is 1. The zero-order chi connectivity index (χ0) is 19.4. The number of amides is 1. The maximum Gasteiger partial charge on any atom is 0.338 e. The summed E-state index contributed by atoms with van der Waals surface area (Å²) in [7, 11) is 0. The van der Waals surface area contributed by atoms with Crippen molar-refractivity contribution in [3.05, 3.63) is 65.1 Å². The Morgan fingerprint density at radius 2 is 2.00 bits per heavy atom. The first kappa shape index (κ1) is 18.4. The highest BCUT2D eigenvalue weighted by atomic mass is 16.4. The van der Waals surface area contributed by atoms with E-state index < -0.39 is 5.97 Å². The summed E-state index contributed by atoms with van der Waals surface area (Å²) < 4.78 is 3.29. The molecule has 1 amide bonds. The Kier molecular flexibility index (Phi) is 5.35. The number of carbonyl (C=O) groups excluding carboxylic acids is 1. The van der Waals surface area contributed by atoms with E-state index in [2.05, 4.69) is 34.6 Å². The molecular weight excluding hydrogens is 346 g/mol. The molecule has 0 unspecified atom stereocenters. The molecule has 8 nitrogen and oxygen atoms in total. The second-order valence-corrected chi connectivity index (χ2v) is 6.35. The van der Waals surface area contributed by atoms with E-state index in [4.69, 9.17) is 5.11 Å². The maximum absolute atomic E-state index is 12.1. The van der Waals surface area contributed by atoms with Gasteiger partial charge in [-0.15, -0.1) is 0 Å². The predicted molar refractivity (Wildman–Crippen MR) is 99.7 cm³/mol. The van der Waals surface area contributed by atoms with Gasteiger partial charge in [0.1, 0.15) is 0 Å². The number of aryl methyl sites for hydroxylation is 3. The van der Waals surface area contributed by atoms with Crippen LogP contribution < -0.4 is 5.32 Å². The zero-order valence-corrected chi connectivity index (χ0v) is 15.2. The minimum absolute atomic E-state index is 0.0981. The molecule has 2 heterocycles. The summed E-state index contributed by atoms with van der Waals surface area (Å²) >= 11 is 0. The lowest BCUT2D eigenvalue weighted by Gasteiger charge is -2.07. The number of carboxylic acids is 1. The second-order valence-electron chi connectivity index (χ2n) is 6.35. The number of hydrogen-bond acceptors (Lipinski definition) is 4. The highest BCUT2D eigenvalue weighted by Crippen LogP contribution is 2.14. The molecule has 0 fully saturated rings. The molecule has 3 aromatic rings. The van der Waals surface area contributed by atoms with Crippen LogP contribution >= 0.6 is 0 Å². The largest absolute Gasteiger partial charge is 0.478 e. The summed E-state index contributed by atoms with van der Waals surface area (Å²) in [6.07, 6.45) is 2.83. The fourth-order valence-electron chi connectivity index (χ4n) is 2.70. The summed E-state index contributed by atoms with van der Waals surface area (Å²) in [5.74, 6) is -0.749. The van der Waals surface area contributed by atoms with Crippen molar-refractivity contribution in [1.82, 2.24) is 19.6 Å². The van der Waals surface area contributed by atoms with Gasteiger partial charge in [0.15, 0.2) is 5.82 Å². The highest BCUT2D eigenvalue weighted by Gasteiger charge is 2.11. The molecule has 0 spiro atoms. The Morgan fingerprint density at radius 1 is 1.22 bits per heavy atom. The average molecular weight is 367 g/mol. The standard InChI is InChI=1S/C19H21N5O3/c1-13-5-3-4-6-15(13)12-24-14(2)9-17(22-24)21-18(25)7-8-23-11-16(10-20-23)19(26)27/h3-6,9-11H,7-8,12H2,1-2H3,(H,26,27)(H,21,22,25). The van der Waals surface area contributed by atoms with E-state index in [1.54, 1.807) is 0 Å². The second kappa shape index (κ2) is 7.86. The first-order valence-corrected chi connectivity index (χ1v) is 8.57. The number of hydrogen-bond donors (Lipinski definition) is 2. The number of rotatable bonds is 7. The Labute approximate surface area is 156 Å². The summed E-state index contributed by atoms with van der Waals surface area (Å²) in [5, 5.41) is 20.0. The van der Waals surface area contributed by atoms with E-state index in [0.717, 1.165) is 5.69 Å². The Balaban J connectivity index is 1.58. The SMILES string of the molecule is Cc1ccccc1Cn1nc(NC(=O)CCn2cc(C(=O)O)cn2)cc1C. The summed E-state index contributed by atoms with van der Waals surface area (Å²) in [5.41, 5.74) is 3.42. The van der Waals surface area contributed by atoms with Crippen LogP contribution in [0.3, 0.4) is 0 Å². The number of nitrogens with one attached hydrogen (secondary N) is 1. The van der Waals surface area contributed by atoms with Crippen LogP contribution in [0.1, 0.15) is 33.6 Å². The lowest BCUT2D eigenvalue weighted by Crippen LogP contribution is -2.15. The quantitative estimate of drug-likeness (QED) is 0.668. The molecule has 0 aliphatic rings. The van der Waals surface area contributed by atoms with Crippen molar-refractivity contribution in [1.29, 1.82) is 0 Å². The van der Waals surface area contributed by atoms with Gasteiger partial charge in [0.05, 0.1) is 18.3 Å². The Morgan fingerprint density at radius 3 is 2.70 bits per heavy atom. The van der Waals surface area contributed by atoms with E-state index in [0.29, 0.717) is 18.9 Å². The van der Waals surface area contributed by atoms with E-state index in [1.807, 2.05) is 29.8 Å². The molecule has 140 valence electrons. The van der Waals surface area contributed by atoms with Crippen LogP contribution in [0.15, 0.2) is 42.7 Å². The number of nitrogens with zero attached hydrogens (tertiary/aromatic N) is 4. The fraction of sp³-hybridized carbons (Fsp3) is 0.263. The lowest BCUT2D eigenvalue weighted by molar-refractivity contribution is -0.116. The van der Waals surface area contributed by atoms with Crippen LogP contribution in [0.4, 0.5) is 5.82 Å². The minimum Gasteiger partial charge on any atom is -0.478 e. The first-order valence-electron chi connectivity index (χ1n) is 8.57. The van der Waals surface area contributed by atoms with Gasteiger partial charge in [0.2, 0.25) is 5.91 Å². The molecule has 0 bridgehead atoms. The van der Waals surface area contributed by atoms with Crippen LogP contribution in [-0.2, 0) is 17.9 Å². The highest BCUT2D eigenvalue weighted by molar-refractivity contribution is 5.89. The minimum atomic E-state index is -1.04. The van der Waals surface area contributed by atoms with Crippen molar-refractivity contribution >= 4 is 17.7 Å². The molecule has 8 heteroatoms. The number of carbonyl (C=O) groups is 2. The molecule has 0 saturated heterocycles. The molecule has 0 radical (unpaired) electrons. The van der Waals surface area contributed by atoms with Crippen molar-refractivity contribution in [2.75, 3.05) is 5.32 Å². The van der Waals surface area contributed by atoms with Crippen molar-refractivity contribution in [2.45, 2.75) is 33.4 Å². The third-order valence-electron chi connectivity index (χ3n) is 4.28. The van der Waals surface area contributed by atoms with E-state index in [1.165, 1.54) is 28.2 Å². The summed E-state index contributed by atoms with van der Waals surface area (Å²) in [4.78, 5) is 23.0. The van der Waals surface area contributed by atoms with Crippen LogP contribution in [0, 0.1) is 13.8 Å². The molecule has 1 aromatic carbocycles. The third-order valence-corrected chi connectivity index (χ3v) is 4.28. The van der Waals surface area contributed by atoms with Crippen molar-refractivity contribution in [3.8, 4) is 0 Å². The number of anilines is 1.